The summed E-state index contributed by atoms with van der Waals surface area (Å²) in [5.74, 6) is 0.893. The predicted octanol–water partition coefficient (Wildman–Crippen LogP) is 4.41. The lowest BCUT2D eigenvalue weighted by Gasteiger charge is -2.11. The fraction of sp³-hybridized carbons (Fsp3) is 0.385. The average molecular weight is 326 g/mol. The summed E-state index contributed by atoms with van der Waals surface area (Å²) in [7, 11) is 0. The zero-order valence-electron chi connectivity index (χ0n) is 10.7. The normalized spacial score (nSPS) is 10.7. The molecule has 96 valence electrons. The summed E-state index contributed by atoms with van der Waals surface area (Å²) in [5.41, 5.74) is 4.44. The Morgan fingerprint density at radius 3 is 2.61 bits per heavy atom. The quantitative estimate of drug-likeness (QED) is 0.904. The number of nitrogens with one attached hydrogen (secondary N) is 1. The second-order valence-corrected chi connectivity index (χ2v) is 5.81. The topological polar surface area (TPSA) is 37.8 Å². The molecule has 5 heteroatoms. The molecule has 2 rings (SSSR count). The van der Waals surface area contributed by atoms with Gasteiger partial charge in [-0.1, -0.05) is 6.92 Å². The number of hydrogen-bond donors (Lipinski definition) is 1. The highest BCUT2D eigenvalue weighted by atomic mass is 79.9. The molecule has 2 aromatic heterocycles. The first-order chi connectivity index (χ1) is 8.65. The van der Waals surface area contributed by atoms with E-state index in [1.165, 1.54) is 11.1 Å². The van der Waals surface area contributed by atoms with Crippen LogP contribution >= 0.6 is 27.3 Å². The second kappa shape index (κ2) is 5.80. The van der Waals surface area contributed by atoms with Gasteiger partial charge in [0.1, 0.15) is 0 Å². The van der Waals surface area contributed by atoms with Crippen molar-refractivity contribution in [1.82, 2.24) is 10.2 Å². The first-order valence-corrected chi connectivity index (χ1v) is 7.68. The zero-order chi connectivity index (χ0) is 13.1. The minimum atomic E-state index is 0.893. The molecular weight excluding hydrogens is 310 g/mol. The Kier molecular flexibility index (Phi) is 4.35. The van der Waals surface area contributed by atoms with Crippen LogP contribution in [0.5, 0.6) is 0 Å². The molecule has 1 N–H and O–H groups in total. The van der Waals surface area contributed by atoms with Crippen LogP contribution in [0.1, 0.15) is 24.5 Å². The van der Waals surface area contributed by atoms with Crippen molar-refractivity contribution in [1.29, 1.82) is 0 Å². The van der Waals surface area contributed by atoms with E-state index >= 15 is 0 Å². The van der Waals surface area contributed by atoms with Crippen molar-refractivity contribution in [2.75, 3.05) is 11.9 Å². The van der Waals surface area contributed by atoms with Gasteiger partial charge in [0.25, 0.3) is 0 Å². The number of thiophene rings is 1. The summed E-state index contributed by atoms with van der Waals surface area (Å²) in [6.45, 7) is 7.25. The molecule has 3 nitrogen and oxygen atoms in total. The van der Waals surface area contributed by atoms with E-state index in [4.69, 9.17) is 0 Å². The van der Waals surface area contributed by atoms with Crippen LogP contribution < -0.4 is 5.32 Å². The molecule has 2 heterocycles. The Balaban J connectivity index is 2.41. The van der Waals surface area contributed by atoms with E-state index in [-0.39, 0.29) is 0 Å². The number of halogens is 1. The van der Waals surface area contributed by atoms with Gasteiger partial charge in [-0.05, 0) is 47.3 Å². The maximum atomic E-state index is 4.36. The summed E-state index contributed by atoms with van der Waals surface area (Å²) in [6.07, 6.45) is 1.08. The van der Waals surface area contributed by atoms with Gasteiger partial charge in [0, 0.05) is 27.3 Å². The Bertz CT molecular complexity index is 551. The Morgan fingerprint density at radius 2 is 2.00 bits per heavy atom. The molecule has 0 unspecified atom stereocenters. The van der Waals surface area contributed by atoms with Crippen LogP contribution in [0.25, 0.3) is 11.3 Å². The number of hydrogen-bond acceptors (Lipinski definition) is 4. The van der Waals surface area contributed by atoms with Gasteiger partial charge in [0.05, 0.1) is 5.69 Å². The van der Waals surface area contributed by atoms with Gasteiger partial charge in [-0.3, -0.25) is 0 Å². The van der Waals surface area contributed by atoms with Gasteiger partial charge in [0.2, 0.25) is 0 Å². The van der Waals surface area contributed by atoms with Crippen LogP contribution in [0, 0.1) is 13.8 Å². The SMILES string of the molecule is CCCNc1nnc(-c2cscc2Br)c(C)c1C. The molecule has 0 amide bonds. The predicted molar refractivity (Wildman–Crippen MR) is 81.3 cm³/mol. The van der Waals surface area contributed by atoms with Crippen LogP contribution in [0.3, 0.4) is 0 Å². The second-order valence-electron chi connectivity index (χ2n) is 4.21. The third kappa shape index (κ3) is 2.57. The number of anilines is 1. The van der Waals surface area contributed by atoms with Crippen molar-refractivity contribution in [3.05, 3.63) is 26.4 Å². The van der Waals surface area contributed by atoms with Crippen molar-refractivity contribution in [3.63, 3.8) is 0 Å². The highest BCUT2D eigenvalue weighted by Gasteiger charge is 2.13. The molecule has 0 saturated carbocycles. The molecule has 0 aliphatic rings. The van der Waals surface area contributed by atoms with Gasteiger partial charge >= 0.3 is 0 Å². The number of nitrogens with zero attached hydrogens (tertiary/aromatic N) is 2. The zero-order valence-corrected chi connectivity index (χ0v) is 13.2. The Hall–Kier alpha value is -0.940. The van der Waals surface area contributed by atoms with E-state index in [0.29, 0.717) is 0 Å². The summed E-state index contributed by atoms with van der Waals surface area (Å²) in [4.78, 5) is 0. The maximum absolute atomic E-state index is 4.36. The molecule has 0 radical (unpaired) electrons. The van der Waals surface area contributed by atoms with Crippen molar-refractivity contribution in [3.8, 4) is 11.3 Å². The summed E-state index contributed by atoms with van der Waals surface area (Å²) >= 11 is 5.21. The molecule has 0 fully saturated rings. The van der Waals surface area contributed by atoms with E-state index in [0.717, 1.165) is 34.5 Å². The summed E-state index contributed by atoms with van der Waals surface area (Å²) in [6, 6.07) is 0. The minimum absolute atomic E-state index is 0.893. The van der Waals surface area contributed by atoms with E-state index < -0.39 is 0 Å². The Morgan fingerprint density at radius 1 is 1.22 bits per heavy atom. The summed E-state index contributed by atoms with van der Waals surface area (Å²) in [5, 5.41) is 16.1. The van der Waals surface area contributed by atoms with Gasteiger partial charge in [-0.15, -0.1) is 10.2 Å². The largest absolute Gasteiger partial charge is 0.368 e. The Labute approximate surface area is 120 Å². The van der Waals surface area contributed by atoms with Crippen LogP contribution in [0.4, 0.5) is 5.82 Å². The van der Waals surface area contributed by atoms with Crippen molar-refractivity contribution in [2.45, 2.75) is 27.2 Å². The third-order valence-corrected chi connectivity index (χ3v) is 4.64. The molecule has 0 aromatic carbocycles. The third-order valence-electron chi connectivity index (χ3n) is 2.94. The van der Waals surface area contributed by atoms with Crippen molar-refractivity contribution < 1.29 is 0 Å². The van der Waals surface area contributed by atoms with E-state index in [1.807, 2.05) is 0 Å². The molecule has 0 atom stereocenters. The number of aromatic nitrogens is 2. The van der Waals surface area contributed by atoms with Crippen LogP contribution in [0.2, 0.25) is 0 Å². The molecule has 0 aliphatic heterocycles. The molecule has 2 aromatic rings. The lowest BCUT2D eigenvalue weighted by atomic mass is 10.1. The molecule has 0 bridgehead atoms. The minimum Gasteiger partial charge on any atom is -0.368 e. The smallest absolute Gasteiger partial charge is 0.151 e. The van der Waals surface area contributed by atoms with Gasteiger partial charge in [-0.2, -0.15) is 11.3 Å². The van der Waals surface area contributed by atoms with E-state index in [1.54, 1.807) is 11.3 Å². The van der Waals surface area contributed by atoms with E-state index in [2.05, 4.69) is 63.0 Å². The lowest BCUT2D eigenvalue weighted by molar-refractivity contribution is 0.933. The van der Waals surface area contributed by atoms with Gasteiger partial charge < -0.3 is 5.32 Å². The standard InChI is InChI=1S/C13H16BrN3S/c1-4-5-15-13-9(3)8(2)12(16-17-13)10-6-18-7-11(10)14/h6-7H,4-5H2,1-3H3,(H,15,17). The molecule has 0 saturated heterocycles. The lowest BCUT2D eigenvalue weighted by Crippen LogP contribution is -2.07. The van der Waals surface area contributed by atoms with Crippen LogP contribution in [-0.2, 0) is 0 Å². The molecule has 0 spiro atoms. The molecular formula is C13H16BrN3S. The highest BCUT2D eigenvalue weighted by molar-refractivity contribution is 9.10. The number of rotatable bonds is 4. The van der Waals surface area contributed by atoms with E-state index in [9.17, 15) is 0 Å². The van der Waals surface area contributed by atoms with Crippen LogP contribution in [-0.4, -0.2) is 16.7 Å². The first-order valence-electron chi connectivity index (χ1n) is 5.95. The van der Waals surface area contributed by atoms with Gasteiger partial charge in [0.15, 0.2) is 5.82 Å². The fourth-order valence-corrected chi connectivity index (χ4v) is 3.19. The van der Waals surface area contributed by atoms with Crippen molar-refractivity contribution >= 4 is 33.1 Å². The maximum Gasteiger partial charge on any atom is 0.151 e. The highest BCUT2D eigenvalue weighted by Crippen LogP contribution is 2.33. The fourth-order valence-electron chi connectivity index (χ4n) is 1.72. The monoisotopic (exact) mass is 325 g/mol. The first kappa shape index (κ1) is 13.5. The summed E-state index contributed by atoms with van der Waals surface area (Å²) < 4.78 is 1.08. The van der Waals surface area contributed by atoms with Crippen LogP contribution in [0.15, 0.2) is 15.2 Å². The van der Waals surface area contributed by atoms with Crippen molar-refractivity contribution in [2.24, 2.45) is 0 Å². The molecule has 18 heavy (non-hydrogen) atoms. The molecule has 0 aliphatic carbocycles. The average Bonchev–Trinajstić information content (AvgIpc) is 2.77. The van der Waals surface area contributed by atoms with Gasteiger partial charge in [-0.25, -0.2) is 0 Å².